The van der Waals surface area contributed by atoms with Gasteiger partial charge in [0.05, 0.1) is 4.92 Å². The molecule has 74 valence electrons. The maximum absolute atomic E-state index is 12.2. The topological polar surface area (TPSA) is 86.2 Å². The Morgan fingerprint density at radius 3 is 2.64 bits per heavy atom. The number of nitro groups is 1. The van der Waals surface area contributed by atoms with E-state index in [4.69, 9.17) is 5.73 Å². The van der Waals surface area contributed by atoms with E-state index in [9.17, 15) is 19.3 Å². The van der Waals surface area contributed by atoms with Gasteiger partial charge in [-0.2, -0.15) is 0 Å². The van der Waals surface area contributed by atoms with Crippen molar-refractivity contribution in [3.63, 3.8) is 0 Å². The number of hydrogen-bond donors (Lipinski definition) is 1. The number of nitrogens with two attached hydrogens (primary N) is 1. The lowest BCUT2D eigenvalue weighted by molar-refractivity contribution is -0.385. The van der Waals surface area contributed by atoms with Crippen molar-refractivity contribution >= 4 is 11.6 Å². The molecule has 0 atom stereocenters. The van der Waals surface area contributed by atoms with Gasteiger partial charge < -0.3 is 5.73 Å². The quantitative estimate of drug-likeness (QED) is 0.584. The summed E-state index contributed by atoms with van der Waals surface area (Å²) >= 11 is 0. The van der Waals surface area contributed by atoms with Gasteiger partial charge in [-0.25, -0.2) is 4.39 Å². The second-order valence-electron chi connectivity index (χ2n) is 2.61. The van der Waals surface area contributed by atoms with E-state index in [0.717, 1.165) is 12.1 Å². The number of hydrogen-bond acceptors (Lipinski definition) is 3. The van der Waals surface area contributed by atoms with Crippen LogP contribution in [-0.4, -0.2) is 10.8 Å². The predicted octanol–water partition coefficient (Wildman–Crippen LogP) is 1.16. The highest BCUT2D eigenvalue weighted by atomic mass is 19.1. The molecule has 0 aromatic heterocycles. The Balaban J connectivity index is 3.31. The molecular formula is C8H7FN2O3. The van der Waals surface area contributed by atoms with Gasteiger partial charge in [-0.05, 0) is 11.6 Å². The molecule has 1 amide bonds. The van der Waals surface area contributed by atoms with Crippen LogP contribution < -0.4 is 5.73 Å². The lowest BCUT2D eigenvalue weighted by atomic mass is 10.1. The molecule has 0 saturated carbocycles. The Morgan fingerprint density at radius 2 is 2.21 bits per heavy atom. The standard InChI is InChI=1S/C8H7FN2O3/c9-4-5-1-2-6(8(10)12)7(3-5)11(13)14/h1-3H,4H2,(H2,10,12). The van der Waals surface area contributed by atoms with Gasteiger partial charge in [0.15, 0.2) is 0 Å². The molecule has 1 rings (SSSR count). The zero-order valence-electron chi connectivity index (χ0n) is 7.07. The first kappa shape index (κ1) is 10.1. The molecule has 0 aliphatic heterocycles. The van der Waals surface area contributed by atoms with Crippen molar-refractivity contribution < 1.29 is 14.1 Å². The summed E-state index contributed by atoms with van der Waals surface area (Å²) in [5.41, 5.74) is 4.37. The zero-order chi connectivity index (χ0) is 10.7. The van der Waals surface area contributed by atoms with E-state index < -0.39 is 23.2 Å². The van der Waals surface area contributed by atoms with Crippen LogP contribution in [0, 0.1) is 10.1 Å². The van der Waals surface area contributed by atoms with E-state index in [1.165, 1.54) is 6.07 Å². The minimum atomic E-state index is -0.901. The molecule has 0 bridgehead atoms. The summed E-state index contributed by atoms with van der Waals surface area (Å²) in [4.78, 5) is 20.5. The Kier molecular flexibility index (Phi) is 2.76. The number of halogens is 1. The normalized spacial score (nSPS) is 9.79. The number of primary amides is 1. The molecule has 6 heteroatoms. The van der Waals surface area contributed by atoms with Gasteiger partial charge in [-0.1, -0.05) is 6.07 Å². The molecule has 0 radical (unpaired) electrons. The average Bonchev–Trinajstić information content (AvgIpc) is 2.16. The summed E-state index contributed by atoms with van der Waals surface area (Å²) in [6.45, 7) is -0.820. The molecule has 0 fully saturated rings. The second-order valence-corrected chi connectivity index (χ2v) is 2.61. The molecular weight excluding hydrogens is 191 g/mol. The molecule has 0 heterocycles. The number of nitro benzene ring substituents is 1. The Hall–Kier alpha value is -1.98. The number of carbonyl (C=O) groups is 1. The second kappa shape index (κ2) is 3.82. The Bertz CT molecular complexity index is 392. The number of rotatable bonds is 3. The van der Waals surface area contributed by atoms with Gasteiger partial charge in [0.25, 0.3) is 11.6 Å². The van der Waals surface area contributed by atoms with Crippen LogP contribution in [0.15, 0.2) is 18.2 Å². The van der Waals surface area contributed by atoms with Crippen LogP contribution in [0.3, 0.4) is 0 Å². The van der Waals surface area contributed by atoms with E-state index in [0.29, 0.717) is 0 Å². The summed E-state index contributed by atoms with van der Waals surface area (Å²) < 4.78 is 12.2. The van der Waals surface area contributed by atoms with E-state index in [2.05, 4.69) is 0 Å². The monoisotopic (exact) mass is 198 g/mol. The fourth-order valence-corrected chi connectivity index (χ4v) is 1.02. The van der Waals surface area contributed by atoms with Crippen LogP contribution in [0.4, 0.5) is 10.1 Å². The highest BCUT2D eigenvalue weighted by molar-refractivity contribution is 5.96. The lowest BCUT2D eigenvalue weighted by Gasteiger charge is -1.99. The van der Waals surface area contributed by atoms with E-state index >= 15 is 0 Å². The van der Waals surface area contributed by atoms with Gasteiger partial charge in [-0.3, -0.25) is 14.9 Å². The summed E-state index contributed by atoms with van der Waals surface area (Å²) in [5.74, 6) is -0.901. The van der Waals surface area contributed by atoms with E-state index in [-0.39, 0.29) is 11.1 Å². The van der Waals surface area contributed by atoms with Crippen molar-refractivity contribution in [1.29, 1.82) is 0 Å². The predicted molar refractivity (Wildman–Crippen MR) is 46.4 cm³/mol. The van der Waals surface area contributed by atoms with Gasteiger partial charge in [-0.15, -0.1) is 0 Å². The SMILES string of the molecule is NC(=O)c1ccc(CF)cc1[N+](=O)[O-]. The number of amides is 1. The maximum atomic E-state index is 12.2. The molecule has 0 aliphatic carbocycles. The van der Waals surface area contributed by atoms with Crippen molar-refractivity contribution in [3.8, 4) is 0 Å². The lowest BCUT2D eigenvalue weighted by Crippen LogP contribution is -2.13. The number of alkyl halides is 1. The molecule has 0 aliphatic rings. The summed E-state index contributed by atoms with van der Waals surface area (Å²) in [6, 6.07) is 3.43. The number of benzene rings is 1. The van der Waals surface area contributed by atoms with Gasteiger partial charge in [0, 0.05) is 6.07 Å². The molecule has 2 N–H and O–H groups in total. The third-order valence-electron chi connectivity index (χ3n) is 1.68. The highest BCUT2D eigenvalue weighted by Crippen LogP contribution is 2.20. The first-order valence-electron chi connectivity index (χ1n) is 3.69. The minimum Gasteiger partial charge on any atom is -0.365 e. The van der Waals surface area contributed by atoms with Crippen LogP contribution in [0.1, 0.15) is 15.9 Å². The number of nitrogens with zero attached hydrogens (tertiary/aromatic N) is 1. The third kappa shape index (κ3) is 1.85. The van der Waals surface area contributed by atoms with Crippen LogP contribution in [0.25, 0.3) is 0 Å². The van der Waals surface area contributed by atoms with Crippen molar-refractivity contribution in [2.75, 3.05) is 0 Å². The first-order valence-corrected chi connectivity index (χ1v) is 3.69. The third-order valence-corrected chi connectivity index (χ3v) is 1.68. The van der Waals surface area contributed by atoms with Gasteiger partial charge in [0.1, 0.15) is 12.2 Å². The van der Waals surface area contributed by atoms with E-state index in [1.54, 1.807) is 0 Å². The number of carbonyl (C=O) groups excluding carboxylic acids is 1. The van der Waals surface area contributed by atoms with Crippen LogP contribution >= 0.6 is 0 Å². The van der Waals surface area contributed by atoms with Gasteiger partial charge >= 0.3 is 0 Å². The summed E-state index contributed by atoms with van der Waals surface area (Å²) in [7, 11) is 0. The highest BCUT2D eigenvalue weighted by Gasteiger charge is 2.18. The molecule has 14 heavy (non-hydrogen) atoms. The molecule has 0 spiro atoms. The van der Waals surface area contributed by atoms with Crippen molar-refractivity contribution in [2.45, 2.75) is 6.67 Å². The van der Waals surface area contributed by atoms with Crippen LogP contribution in [0.2, 0.25) is 0 Å². The smallest absolute Gasteiger partial charge is 0.282 e. The molecule has 0 unspecified atom stereocenters. The van der Waals surface area contributed by atoms with E-state index in [1.807, 2.05) is 0 Å². The fraction of sp³-hybridized carbons (Fsp3) is 0.125. The van der Waals surface area contributed by atoms with Crippen molar-refractivity contribution in [3.05, 3.63) is 39.4 Å². The van der Waals surface area contributed by atoms with Crippen LogP contribution in [-0.2, 0) is 6.67 Å². The molecule has 5 nitrogen and oxygen atoms in total. The average molecular weight is 198 g/mol. The van der Waals surface area contributed by atoms with Crippen molar-refractivity contribution in [1.82, 2.24) is 0 Å². The fourth-order valence-electron chi connectivity index (χ4n) is 1.02. The molecule has 1 aromatic carbocycles. The molecule has 0 saturated heterocycles. The van der Waals surface area contributed by atoms with Crippen molar-refractivity contribution in [2.24, 2.45) is 5.73 Å². The molecule has 1 aromatic rings. The van der Waals surface area contributed by atoms with Crippen LogP contribution in [0.5, 0.6) is 0 Å². The summed E-state index contributed by atoms with van der Waals surface area (Å²) in [5, 5.41) is 10.5. The largest absolute Gasteiger partial charge is 0.365 e. The minimum absolute atomic E-state index is 0.140. The summed E-state index contributed by atoms with van der Waals surface area (Å²) in [6.07, 6.45) is 0. The van der Waals surface area contributed by atoms with Gasteiger partial charge in [0.2, 0.25) is 0 Å². The Morgan fingerprint density at radius 1 is 1.57 bits per heavy atom. The first-order chi connectivity index (χ1) is 6.56. The maximum Gasteiger partial charge on any atom is 0.282 e. The Labute approximate surface area is 78.5 Å². The zero-order valence-corrected chi connectivity index (χ0v) is 7.07.